The average Bonchev–Trinajstić information content (AvgIpc) is 3.44. The number of aromatic amines is 1. The maximum atomic E-state index is 13.2. The highest BCUT2D eigenvalue weighted by Crippen LogP contribution is 2.35. The maximum absolute atomic E-state index is 13.2. The number of nitrogens with one attached hydrogen (secondary N) is 4. The molecule has 3 aromatic rings. The number of fused-ring (bicyclic) bond motifs is 4. The summed E-state index contributed by atoms with van der Waals surface area (Å²) in [5.41, 5.74) is 2.41. The lowest BCUT2D eigenvalue weighted by atomic mass is 9.82. The molecule has 0 spiro atoms. The van der Waals surface area contributed by atoms with E-state index in [4.69, 9.17) is 9.47 Å². The highest BCUT2D eigenvalue weighted by Gasteiger charge is 2.35. The van der Waals surface area contributed by atoms with Crippen molar-refractivity contribution in [2.75, 3.05) is 51.7 Å². The van der Waals surface area contributed by atoms with Crippen molar-refractivity contribution >= 4 is 51.0 Å². The molecule has 1 aliphatic heterocycles. The van der Waals surface area contributed by atoms with Gasteiger partial charge in [0.25, 0.3) is 0 Å². The Morgan fingerprint density at radius 3 is 3.03 bits per heavy atom. The average molecular weight is 483 g/mol. The molecule has 0 fully saturated rings. The number of carbonyl (C=O) groups is 1. The minimum atomic E-state index is -0.575. The van der Waals surface area contributed by atoms with Crippen molar-refractivity contribution in [3.63, 3.8) is 0 Å². The Morgan fingerprint density at radius 2 is 2.24 bits per heavy atom. The molecule has 2 atom stereocenters. The Hall–Kier alpha value is -3.08. The van der Waals surface area contributed by atoms with Crippen molar-refractivity contribution in [3.8, 4) is 5.75 Å². The molecule has 2 aliphatic rings. The van der Waals surface area contributed by atoms with Crippen LogP contribution in [-0.4, -0.2) is 62.1 Å². The number of carbonyl (C=O) groups excluding carboxylic acids is 1. The van der Waals surface area contributed by atoms with Crippen LogP contribution in [0.3, 0.4) is 0 Å². The molecule has 1 unspecified atom stereocenters. The van der Waals surface area contributed by atoms with Crippen LogP contribution in [0, 0.1) is 5.41 Å². The molecule has 34 heavy (non-hydrogen) atoms. The van der Waals surface area contributed by atoms with E-state index in [1.807, 2.05) is 26.1 Å². The van der Waals surface area contributed by atoms with E-state index >= 15 is 0 Å². The second kappa shape index (κ2) is 8.94. The summed E-state index contributed by atoms with van der Waals surface area (Å²) in [4.78, 5) is 15.0. The number of ether oxygens (including phenoxy) is 2. The van der Waals surface area contributed by atoms with Gasteiger partial charge in [0.15, 0.2) is 0 Å². The van der Waals surface area contributed by atoms with Crippen LogP contribution in [0.5, 0.6) is 5.75 Å². The number of aromatic nitrogens is 2. The Kier molecular flexibility index (Phi) is 5.97. The van der Waals surface area contributed by atoms with E-state index in [0.29, 0.717) is 26.2 Å². The fraction of sp³-hybridized carbons (Fsp3) is 0.417. The summed E-state index contributed by atoms with van der Waals surface area (Å²) in [6, 6.07) is 3.99. The van der Waals surface area contributed by atoms with E-state index < -0.39 is 5.41 Å². The zero-order chi connectivity index (χ0) is 23.9. The van der Waals surface area contributed by atoms with E-state index in [1.54, 1.807) is 36.7 Å². The molecule has 9 nitrogen and oxygen atoms in total. The first kappa shape index (κ1) is 22.7. The summed E-state index contributed by atoms with van der Waals surface area (Å²) in [5.74, 6) is 0.854. The number of hydrogen-bond donors (Lipinski definition) is 4. The Labute approximate surface area is 201 Å². The predicted molar refractivity (Wildman–Crippen MR) is 135 cm³/mol. The molecular formula is C24H30N6O3S. The number of nitrogens with zero attached hydrogens (tertiary/aromatic N) is 2. The van der Waals surface area contributed by atoms with Crippen LogP contribution >= 0.6 is 11.3 Å². The van der Waals surface area contributed by atoms with Crippen molar-refractivity contribution in [1.29, 1.82) is 0 Å². The van der Waals surface area contributed by atoms with Gasteiger partial charge < -0.3 is 25.0 Å². The molecule has 1 aromatic carbocycles. The molecule has 180 valence electrons. The molecule has 0 saturated carbocycles. The van der Waals surface area contributed by atoms with Crippen LogP contribution in [0.2, 0.25) is 0 Å². The second-order valence-corrected chi connectivity index (χ2v) is 10.0. The van der Waals surface area contributed by atoms with E-state index in [2.05, 4.69) is 38.3 Å². The number of H-pyrrole nitrogens is 1. The quantitative estimate of drug-likeness (QED) is 0.407. The van der Waals surface area contributed by atoms with Gasteiger partial charge in [-0.2, -0.15) is 5.10 Å². The molecule has 1 aliphatic carbocycles. The first-order valence-corrected chi connectivity index (χ1v) is 12.1. The first-order chi connectivity index (χ1) is 16.4. The largest absolute Gasteiger partial charge is 0.495 e. The fourth-order valence-electron chi connectivity index (χ4n) is 4.66. The molecule has 1 amide bonds. The van der Waals surface area contributed by atoms with Crippen molar-refractivity contribution in [3.05, 3.63) is 33.6 Å². The molecule has 3 heterocycles. The maximum Gasteiger partial charge on any atom is 0.232 e. The van der Waals surface area contributed by atoms with Gasteiger partial charge in [0.2, 0.25) is 5.91 Å². The van der Waals surface area contributed by atoms with Gasteiger partial charge in [0.05, 0.1) is 48.2 Å². The van der Waals surface area contributed by atoms with Crippen LogP contribution in [0.25, 0.3) is 23.1 Å². The monoisotopic (exact) mass is 482 g/mol. The van der Waals surface area contributed by atoms with Gasteiger partial charge in [-0.3, -0.25) is 15.2 Å². The zero-order valence-corrected chi connectivity index (χ0v) is 20.6. The van der Waals surface area contributed by atoms with Gasteiger partial charge in [-0.25, -0.2) is 0 Å². The molecule has 4 N–H and O–H groups in total. The Morgan fingerprint density at radius 1 is 1.38 bits per heavy atom. The van der Waals surface area contributed by atoms with Crippen molar-refractivity contribution in [2.45, 2.75) is 19.5 Å². The lowest BCUT2D eigenvalue weighted by Gasteiger charge is -2.31. The molecule has 10 heteroatoms. The number of anilines is 2. The third-order valence-electron chi connectivity index (χ3n) is 6.56. The second-order valence-electron chi connectivity index (χ2n) is 8.96. The molecule has 0 radical (unpaired) electrons. The predicted octanol–water partition coefficient (Wildman–Crippen LogP) is 1.79. The number of hydrogen-bond acceptors (Lipinski definition) is 8. The zero-order valence-electron chi connectivity index (χ0n) is 19.8. The first-order valence-electron chi connectivity index (χ1n) is 11.3. The summed E-state index contributed by atoms with van der Waals surface area (Å²) < 4.78 is 11.9. The van der Waals surface area contributed by atoms with Crippen LogP contribution < -0.4 is 30.4 Å². The van der Waals surface area contributed by atoms with Crippen molar-refractivity contribution < 1.29 is 14.3 Å². The molecule has 0 saturated heterocycles. The molecule has 5 rings (SSSR count). The van der Waals surface area contributed by atoms with Gasteiger partial charge in [0, 0.05) is 42.3 Å². The third-order valence-corrected chi connectivity index (χ3v) is 7.69. The summed E-state index contributed by atoms with van der Waals surface area (Å²) in [6.07, 6.45) is 6.68. The van der Waals surface area contributed by atoms with E-state index in [1.165, 1.54) is 10.8 Å². The fourth-order valence-corrected chi connectivity index (χ4v) is 5.98. The summed E-state index contributed by atoms with van der Waals surface area (Å²) >= 11 is 1.70. The van der Waals surface area contributed by atoms with E-state index in [-0.39, 0.29) is 12.1 Å². The third kappa shape index (κ3) is 3.91. The Balaban J connectivity index is 1.49. The van der Waals surface area contributed by atoms with Gasteiger partial charge in [-0.1, -0.05) is 12.2 Å². The van der Waals surface area contributed by atoms with Crippen LogP contribution in [-0.2, 0) is 9.53 Å². The minimum absolute atomic E-state index is 0.108. The number of benzene rings is 1. The number of rotatable bonds is 7. The molecular weight excluding hydrogens is 452 g/mol. The van der Waals surface area contributed by atoms with E-state index in [9.17, 15) is 4.79 Å². The van der Waals surface area contributed by atoms with Crippen LogP contribution in [0.4, 0.5) is 10.7 Å². The van der Waals surface area contributed by atoms with Gasteiger partial charge in [-0.15, -0.1) is 11.3 Å². The van der Waals surface area contributed by atoms with Gasteiger partial charge >= 0.3 is 0 Å². The van der Waals surface area contributed by atoms with Gasteiger partial charge in [-0.05, 0) is 24.6 Å². The minimum Gasteiger partial charge on any atom is -0.495 e. The highest BCUT2D eigenvalue weighted by molar-refractivity contribution is 7.14. The summed E-state index contributed by atoms with van der Waals surface area (Å²) in [7, 11) is 5.16. The van der Waals surface area contributed by atoms with Crippen molar-refractivity contribution in [2.24, 2.45) is 5.41 Å². The molecule has 2 aromatic heterocycles. The lowest BCUT2D eigenvalue weighted by molar-refractivity contribution is -0.136. The number of thiophene rings is 1. The smallest absolute Gasteiger partial charge is 0.232 e. The highest BCUT2D eigenvalue weighted by atomic mass is 32.1. The SMILES string of the molecule is COCCN(C)C(=O)[C@]1(C)C=c2sc3c(c2=CC1)C(Nc1cc2cn[nH]c2cc1OC)NCN3. The number of likely N-dealkylation sites (N-methyl/N-ethyl adjacent to an activating group) is 1. The topological polar surface area (TPSA) is 104 Å². The normalized spacial score (nSPS) is 21.0. The number of methoxy groups -OCH3 is 2. The van der Waals surface area contributed by atoms with Crippen LogP contribution in [0.15, 0.2) is 18.3 Å². The standard InChI is InChI=1S/C24H30N6O3S/c1-24(23(31)30(2)7-8-32-3)6-5-15-19(11-24)34-22-20(15)21(25-13-26-22)28-17-9-14-12-27-29-16(14)10-18(17)33-4/h5,9-12,21,25-26,28H,6-8,13H2,1-4H3,(H,27,29)/t21?,24-/m0/s1. The Bertz CT molecular complexity index is 1350. The summed E-state index contributed by atoms with van der Waals surface area (Å²) in [6.45, 7) is 3.75. The van der Waals surface area contributed by atoms with Crippen molar-refractivity contribution in [1.82, 2.24) is 20.4 Å². The molecule has 0 bridgehead atoms. The lowest BCUT2D eigenvalue weighted by Crippen LogP contribution is -2.45. The van der Waals surface area contributed by atoms with Gasteiger partial charge in [0.1, 0.15) is 11.9 Å². The summed E-state index contributed by atoms with van der Waals surface area (Å²) in [5, 5.41) is 21.0. The van der Waals surface area contributed by atoms with E-state index in [0.717, 1.165) is 31.9 Å². The van der Waals surface area contributed by atoms with Crippen LogP contribution in [0.1, 0.15) is 25.1 Å². The number of amides is 1.